The maximum absolute atomic E-state index is 6.19. The fourth-order valence-corrected chi connectivity index (χ4v) is 3.29. The molecule has 5 heteroatoms. The van der Waals surface area contributed by atoms with Gasteiger partial charge in [-0.2, -0.15) is 0 Å². The van der Waals surface area contributed by atoms with Crippen LogP contribution in [-0.2, 0) is 23.0 Å². The molecule has 0 fully saturated rings. The first-order valence-electron chi connectivity index (χ1n) is 8.00. The summed E-state index contributed by atoms with van der Waals surface area (Å²) >= 11 is 0.569. The molecule has 0 aliphatic carbocycles. The minimum atomic E-state index is -0.621. The van der Waals surface area contributed by atoms with E-state index >= 15 is 0 Å². The number of aliphatic imine (C=N–C) groups is 1. The van der Waals surface area contributed by atoms with Crippen LogP contribution in [0.25, 0.3) is 0 Å². The Morgan fingerprint density at radius 3 is 1.62 bits per heavy atom. The van der Waals surface area contributed by atoms with Gasteiger partial charge in [-0.3, -0.25) is 0 Å². The second-order valence-electron chi connectivity index (χ2n) is 5.70. The van der Waals surface area contributed by atoms with Crippen LogP contribution in [0.5, 0.6) is 0 Å². The maximum atomic E-state index is 6.19. The monoisotopic (exact) mass is 427 g/mol. The van der Waals surface area contributed by atoms with E-state index in [9.17, 15) is 0 Å². The standard InChI is InChI=1S/C21H17NO.2ClH.Ni/c1-4-10-17(11-5-1)20-21(23-16-22-20,18-12-6-2-7-13-18)19-14-8-3-9-15-19;;;/h1-16,20H;2*1H;/q;;;+2/p-2/t20-;;;/m1.../s1. The summed E-state index contributed by atoms with van der Waals surface area (Å²) < 4.78 is 6.19. The summed E-state index contributed by atoms with van der Waals surface area (Å²) in [4.78, 5) is 4.67. The molecule has 0 saturated heterocycles. The van der Waals surface area contributed by atoms with Crippen molar-refractivity contribution in [2.75, 3.05) is 0 Å². The molecule has 3 aromatic rings. The van der Waals surface area contributed by atoms with E-state index in [0.717, 1.165) is 16.7 Å². The number of halogens is 2. The summed E-state index contributed by atoms with van der Waals surface area (Å²) in [5.74, 6) is 0. The Hall–Kier alpha value is -1.80. The number of benzene rings is 3. The molecule has 136 valence electrons. The topological polar surface area (TPSA) is 21.6 Å². The third-order valence-corrected chi connectivity index (χ3v) is 4.35. The Labute approximate surface area is 168 Å². The quantitative estimate of drug-likeness (QED) is 0.461. The van der Waals surface area contributed by atoms with Crippen LogP contribution < -0.4 is 0 Å². The van der Waals surface area contributed by atoms with Crippen LogP contribution in [-0.4, -0.2) is 6.40 Å². The van der Waals surface area contributed by atoms with E-state index in [1.54, 1.807) is 6.40 Å². The number of hydrogen-bond acceptors (Lipinski definition) is 2. The number of hydrogen-bond donors (Lipinski definition) is 0. The molecule has 0 aromatic heterocycles. The van der Waals surface area contributed by atoms with Crippen LogP contribution in [0.2, 0.25) is 0 Å². The van der Waals surface area contributed by atoms with Gasteiger partial charge in [-0.15, -0.1) is 0 Å². The van der Waals surface area contributed by atoms with Crippen LogP contribution in [0.1, 0.15) is 22.7 Å². The molecule has 0 bridgehead atoms. The first kappa shape index (κ1) is 19.0. The van der Waals surface area contributed by atoms with Crippen molar-refractivity contribution >= 4 is 26.8 Å². The molecule has 0 radical (unpaired) electrons. The first-order valence-corrected chi connectivity index (χ1v) is 10.7. The Balaban J connectivity index is 0.000000613. The average molecular weight is 429 g/mol. The Morgan fingerprint density at radius 1 is 0.731 bits per heavy atom. The van der Waals surface area contributed by atoms with Gasteiger partial charge in [0.15, 0.2) is 12.0 Å². The van der Waals surface area contributed by atoms with Crippen LogP contribution in [0.3, 0.4) is 0 Å². The molecule has 0 saturated carbocycles. The SMILES string of the molecule is C1=N[C@H](c2ccccc2)C(c2ccccc2)(c2ccccc2)O1.[Cl][Ni][Cl]. The van der Waals surface area contributed by atoms with Crippen molar-refractivity contribution in [3.05, 3.63) is 108 Å². The van der Waals surface area contributed by atoms with Crippen molar-refractivity contribution in [1.82, 2.24) is 0 Å². The average Bonchev–Trinajstić information content (AvgIpc) is 3.17. The molecule has 1 aliphatic rings. The van der Waals surface area contributed by atoms with Gasteiger partial charge in [0, 0.05) is 11.1 Å². The van der Waals surface area contributed by atoms with Gasteiger partial charge < -0.3 is 4.74 Å². The number of nitrogens with zero attached hydrogens (tertiary/aromatic N) is 1. The zero-order valence-electron chi connectivity index (χ0n) is 13.7. The fourth-order valence-electron chi connectivity index (χ4n) is 3.29. The van der Waals surface area contributed by atoms with Crippen molar-refractivity contribution in [3.63, 3.8) is 0 Å². The zero-order chi connectivity index (χ0) is 18.2. The minimum absolute atomic E-state index is 0.103. The summed E-state index contributed by atoms with van der Waals surface area (Å²) in [5.41, 5.74) is 2.74. The summed E-state index contributed by atoms with van der Waals surface area (Å²) in [6.45, 7) is 0. The van der Waals surface area contributed by atoms with E-state index < -0.39 is 5.60 Å². The van der Waals surface area contributed by atoms with Crippen molar-refractivity contribution in [1.29, 1.82) is 0 Å². The normalized spacial score (nSPS) is 17.2. The molecule has 1 aliphatic heterocycles. The Morgan fingerprint density at radius 2 is 1.15 bits per heavy atom. The molecular weight excluding hydrogens is 412 g/mol. The van der Waals surface area contributed by atoms with Gasteiger partial charge in [0.2, 0.25) is 0 Å². The number of rotatable bonds is 3. The number of ether oxygens (including phenoxy) is 1. The van der Waals surface area contributed by atoms with Gasteiger partial charge in [-0.1, -0.05) is 91.0 Å². The van der Waals surface area contributed by atoms with E-state index in [-0.39, 0.29) is 6.04 Å². The second-order valence-corrected chi connectivity index (χ2v) is 7.33. The van der Waals surface area contributed by atoms with Gasteiger partial charge >= 0.3 is 33.0 Å². The second kappa shape index (κ2) is 9.23. The fraction of sp³-hybridized carbons (Fsp3) is 0.0952. The summed E-state index contributed by atoms with van der Waals surface area (Å²) in [5, 5.41) is 0. The van der Waals surface area contributed by atoms with Crippen molar-refractivity contribution in [2.24, 2.45) is 4.99 Å². The van der Waals surface area contributed by atoms with E-state index in [4.69, 9.17) is 25.1 Å². The molecule has 1 heterocycles. The van der Waals surface area contributed by atoms with E-state index in [2.05, 4.69) is 41.4 Å². The molecule has 3 aromatic carbocycles. The molecule has 0 N–H and O–H groups in total. The zero-order valence-corrected chi connectivity index (χ0v) is 16.2. The first-order chi connectivity index (χ1) is 12.8. The Bertz CT molecular complexity index is 789. The molecule has 4 rings (SSSR count). The van der Waals surface area contributed by atoms with Gasteiger partial charge in [0.05, 0.1) is 0 Å². The summed E-state index contributed by atoms with van der Waals surface area (Å²) in [6, 6.07) is 30.9. The van der Waals surface area contributed by atoms with E-state index in [1.165, 1.54) is 0 Å². The van der Waals surface area contributed by atoms with Gasteiger partial charge in [-0.05, 0) is 5.56 Å². The van der Waals surface area contributed by atoms with Gasteiger partial charge in [0.25, 0.3) is 0 Å². The molecular formula is C21H17Cl2NNiO. The third kappa shape index (κ3) is 3.81. The molecule has 0 unspecified atom stereocenters. The molecule has 0 spiro atoms. The van der Waals surface area contributed by atoms with Gasteiger partial charge in [-0.25, -0.2) is 4.99 Å². The van der Waals surface area contributed by atoms with E-state index in [0.29, 0.717) is 12.7 Å². The van der Waals surface area contributed by atoms with Crippen LogP contribution in [0, 0.1) is 0 Å². The van der Waals surface area contributed by atoms with Crippen molar-refractivity contribution in [3.8, 4) is 0 Å². The van der Waals surface area contributed by atoms with Gasteiger partial charge in [0.1, 0.15) is 6.04 Å². The molecule has 26 heavy (non-hydrogen) atoms. The van der Waals surface area contributed by atoms with Crippen LogP contribution in [0.15, 0.2) is 96.0 Å². The van der Waals surface area contributed by atoms with Crippen LogP contribution >= 0.6 is 20.4 Å². The predicted molar refractivity (Wildman–Crippen MR) is 104 cm³/mol. The van der Waals surface area contributed by atoms with Crippen molar-refractivity contribution in [2.45, 2.75) is 11.6 Å². The molecule has 2 nitrogen and oxygen atoms in total. The predicted octanol–water partition coefficient (Wildman–Crippen LogP) is 6.11. The Kier molecular flexibility index (Phi) is 6.74. The third-order valence-electron chi connectivity index (χ3n) is 4.35. The van der Waals surface area contributed by atoms with Crippen molar-refractivity contribution < 1.29 is 17.4 Å². The van der Waals surface area contributed by atoms with E-state index in [1.807, 2.05) is 54.6 Å². The van der Waals surface area contributed by atoms with Crippen LogP contribution in [0.4, 0.5) is 0 Å². The summed E-state index contributed by atoms with van der Waals surface area (Å²) in [7, 11) is 9.40. The summed E-state index contributed by atoms with van der Waals surface area (Å²) in [6.07, 6.45) is 1.59. The molecule has 1 atom stereocenters. The molecule has 0 amide bonds.